The van der Waals surface area contributed by atoms with Gasteiger partial charge in [0.1, 0.15) is 0 Å². The number of benzene rings is 1. The largest absolute Gasteiger partial charge is 0.238 e. The number of nitriles is 1. The second kappa shape index (κ2) is 6.65. The maximum Gasteiger partial charge on any atom is 0.238 e. The van der Waals surface area contributed by atoms with Gasteiger partial charge >= 0.3 is 0 Å². The third-order valence-electron chi connectivity index (χ3n) is 4.15. The molecule has 1 aliphatic rings. The van der Waals surface area contributed by atoms with Crippen LogP contribution in [0.5, 0.6) is 0 Å². The van der Waals surface area contributed by atoms with Crippen LogP contribution in [0.3, 0.4) is 0 Å². The fraction of sp³-hybridized carbons (Fsp3) is 0.562. The van der Waals surface area contributed by atoms with Crippen molar-refractivity contribution in [2.24, 2.45) is 5.92 Å². The van der Waals surface area contributed by atoms with Gasteiger partial charge in [0.2, 0.25) is 6.43 Å². The molecule has 0 N–H and O–H groups in total. The highest BCUT2D eigenvalue weighted by molar-refractivity contribution is 5.33. The van der Waals surface area contributed by atoms with Gasteiger partial charge in [0.25, 0.3) is 0 Å². The van der Waals surface area contributed by atoms with Gasteiger partial charge in [-0.2, -0.15) is 5.26 Å². The summed E-state index contributed by atoms with van der Waals surface area (Å²) in [5, 5.41) is 8.77. The first-order chi connectivity index (χ1) is 9.19. The minimum absolute atomic E-state index is 0.0478. The predicted octanol–water partition coefficient (Wildman–Crippen LogP) is 4.88. The first-order valence-corrected chi connectivity index (χ1v) is 6.97. The Hall–Kier alpha value is -1.43. The first-order valence-electron chi connectivity index (χ1n) is 6.97. The quantitative estimate of drug-likeness (QED) is 0.759. The van der Waals surface area contributed by atoms with Gasteiger partial charge in [0.15, 0.2) is 0 Å². The van der Waals surface area contributed by atoms with Gasteiger partial charge in [-0.05, 0) is 61.6 Å². The SMILES string of the molecule is N#Cc1ccc([C@H]2CC[C@H](CCC(F)F)CC2)cc1. The Labute approximate surface area is 113 Å². The average Bonchev–Trinajstić information content (AvgIpc) is 2.46. The van der Waals surface area contributed by atoms with Crippen molar-refractivity contribution < 1.29 is 8.78 Å². The Morgan fingerprint density at radius 3 is 2.26 bits per heavy atom. The van der Waals surface area contributed by atoms with E-state index < -0.39 is 6.43 Å². The predicted molar refractivity (Wildman–Crippen MR) is 71.1 cm³/mol. The lowest BCUT2D eigenvalue weighted by Gasteiger charge is -2.28. The van der Waals surface area contributed by atoms with Crippen LogP contribution in [0.15, 0.2) is 24.3 Å². The zero-order chi connectivity index (χ0) is 13.7. The van der Waals surface area contributed by atoms with E-state index in [0.717, 1.165) is 25.7 Å². The summed E-state index contributed by atoms with van der Waals surface area (Å²) in [5.41, 5.74) is 1.97. The second-order valence-corrected chi connectivity index (χ2v) is 5.42. The number of nitrogens with zero attached hydrogens (tertiary/aromatic N) is 1. The zero-order valence-corrected chi connectivity index (χ0v) is 11.0. The Bertz CT molecular complexity index is 425. The van der Waals surface area contributed by atoms with E-state index >= 15 is 0 Å². The van der Waals surface area contributed by atoms with Crippen molar-refractivity contribution in [2.75, 3.05) is 0 Å². The molecule has 0 unspecified atom stereocenters. The molecule has 0 bridgehead atoms. The van der Waals surface area contributed by atoms with Crippen molar-refractivity contribution in [3.05, 3.63) is 35.4 Å². The number of halogens is 2. The summed E-state index contributed by atoms with van der Waals surface area (Å²) in [6.45, 7) is 0. The molecule has 0 amide bonds. The average molecular weight is 263 g/mol. The van der Waals surface area contributed by atoms with E-state index in [9.17, 15) is 8.78 Å². The van der Waals surface area contributed by atoms with Crippen molar-refractivity contribution >= 4 is 0 Å². The Kier molecular flexibility index (Phi) is 4.90. The molecule has 0 saturated heterocycles. The van der Waals surface area contributed by atoms with Crippen LogP contribution in [-0.2, 0) is 0 Å². The van der Waals surface area contributed by atoms with Gasteiger partial charge in [-0.3, -0.25) is 0 Å². The van der Waals surface area contributed by atoms with Crippen LogP contribution in [0.2, 0.25) is 0 Å². The fourth-order valence-corrected chi connectivity index (χ4v) is 2.98. The van der Waals surface area contributed by atoms with Crippen LogP contribution in [0.1, 0.15) is 55.6 Å². The van der Waals surface area contributed by atoms with Crippen LogP contribution in [0.25, 0.3) is 0 Å². The molecule has 1 nitrogen and oxygen atoms in total. The number of hydrogen-bond donors (Lipinski definition) is 0. The molecule has 1 saturated carbocycles. The summed E-state index contributed by atoms with van der Waals surface area (Å²) in [6, 6.07) is 9.90. The van der Waals surface area contributed by atoms with E-state index in [1.807, 2.05) is 24.3 Å². The van der Waals surface area contributed by atoms with Crippen LogP contribution in [0.4, 0.5) is 8.78 Å². The lowest BCUT2D eigenvalue weighted by molar-refractivity contribution is 0.122. The topological polar surface area (TPSA) is 23.8 Å². The summed E-state index contributed by atoms with van der Waals surface area (Å²) in [5.74, 6) is 1.01. The van der Waals surface area contributed by atoms with Crippen molar-refractivity contribution in [1.29, 1.82) is 5.26 Å². The molecule has 1 aromatic rings. The lowest BCUT2D eigenvalue weighted by atomic mass is 9.77. The molecule has 1 aromatic carbocycles. The number of hydrogen-bond acceptors (Lipinski definition) is 1. The normalized spacial score (nSPS) is 23.3. The molecule has 0 aliphatic heterocycles. The summed E-state index contributed by atoms with van der Waals surface area (Å²) >= 11 is 0. The van der Waals surface area contributed by atoms with E-state index in [4.69, 9.17) is 5.26 Å². The van der Waals surface area contributed by atoms with Crippen molar-refractivity contribution in [3.63, 3.8) is 0 Å². The maximum atomic E-state index is 12.2. The van der Waals surface area contributed by atoms with E-state index in [1.54, 1.807) is 0 Å². The molecule has 0 atom stereocenters. The van der Waals surface area contributed by atoms with Crippen LogP contribution >= 0.6 is 0 Å². The molecule has 102 valence electrons. The number of rotatable bonds is 4. The fourth-order valence-electron chi connectivity index (χ4n) is 2.98. The summed E-state index contributed by atoms with van der Waals surface area (Å²) in [7, 11) is 0. The minimum Gasteiger partial charge on any atom is -0.211 e. The molecule has 0 heterocycles. The summed E-state index contributed by atoms with van der Waals surface area (Å²) < 4.78 is 24.4. The van der Waals surface area contributed by atoms with Crippen molar-refractivity contribution in [1.82, 2.24) is 0 Å². The van der Waals surface area contributed by atoms with Gasteiger partial charge in [-0.25, -0.2) is 8.78 Å². The highest BCUT2D eigenvalue weighted by Crippen LogP contribution is 2.37. The molecular formula is C16H19F2N. The minimum atomic E-state index is -2.16. The molecule has 2 rings (SSSR count). The maximum absolute atomic E-state index is 12.2. The molecule has 19 heavy (non-hydrogen) atoms. The first kappa shape index (κ1) is 14.0. The van der Waals surface area contributed by atoms with Crippen LogP contribution < -0.4 is 0 Å². The van der Waals surface area contributed by atoms with E-state index in [1.165, 1.54) is 5.56 Å². The highest BCUT2D eigenvalue weighted by Gasteiger charge is 2.22. The van der Waals surface area contributed by atoms with Gasteiger partial charge in [0.05, 0.1) is 11.6 Å². The van der Waals surface area contributed by atoms with E-state index in [0.29, 0.717) is 23.8 Å². The van der Waals surface area contributed by atoms with Crippen molar-refractivity contribution in [3.8, 4) is 6.07 Å². The second-order valence-electron chi connectivity index (χ2n) is 5.42. The van der Waals surface area contributed by atoms with Gasteiger partial charge in [0, 0.05) is 6.42 Å². The Balaban J connectivity index is 1.84. The highest BCUT2D eigenvalue weighted by atomic mass is 19.3. The third-order valence-corrected chi connectivity index (χ3v) is 4.15. The van der Waals surface area contributed by atoms with Crippen LogP contribution in [0, 0.1) is 17.2 Å². The molecule has 1 fully saturated rings. The van der Waals surface area contributed by atoms with Crippen LogP contribution in [-0.4, -0.2) is 6.43 Å². The Morgan fingerprint density at radius 1 is 1.11 bits per heavy atom. The molecule has 3 heteroatoms. The number of alkyl halides is 2. The third kappa shape index (κ3) is 4.02. The monoisotopic (exact) mass is 263 g/mol. The molecule has 0 spiro atoms. The standard InChI is InChI=1S/C16H19F2N/c17-16(18)10-5-12-1-6-14(7-2-12)15-8-3-13(11-19)4-9-15/h3-4,8-9,12,14,16H,1-2,5-7,10H2/t12-,14-. The molecular weight excluding hydrogens is 244 g/mol. The summed E-state index contributed by atoms with van der Waals surface area (Å²) in [6.07, 6.45) is 2.83. The Morgan fingerprint density at radius 2 is 1.74 bits per heavy atom. The van der Waals surface area contributed by atoms with Gasteiger partial charge in [-0.15, -0.1) is 0 Å². The van der Waals surface area contributed by atoms with E-state index in [2.05, 4.69) is 6.07 Å². The van der Waals surface area contributed by atoms with E-state index in [-0.39, 0.29) is 6.42 Å². The summed E-state index contributed by atoms with van der Waals surface area (Å²) in [4.78, 5) is 0. The van der Waals surface area contributed by atoms with Gasteiger partial charge < -0.3 is 0 Å². The molecule has 1 aliphatic carbocycles. The molecule has 0 aromatic heterocycles. The zero-order valence-electron chi connectivity index (χ0n) is 11.0. The molecule has 0 radical (unpaired) electrons. The van der Waals surface area contributed by atoms with Crippen molar-refractivity contribution in [2.45, 2.75) is 50.9 Å². The lowest BCUT2D eigenvalue weighted by Crippen LogP contribution is -2.14. The van der Waals surface area contributed by atoms with Gasteiger partial charge in [-0.1, -0.05) is 12.1 Å². The smallest absolute Gasteiger partial charge is 0.211 e.